The van der Waals surface area contributed by atoms with Crippen molar-refractivity contribution in [1.82, 2.24) is 9.55 Å². The molecule has 1 aliphatic heterocycles. The van der Waals surface area contributed by atoms with E-state index < -0.39 is 24.3 Å². The fourth-order valence-electron chi connectivity index (χ4n) is 3.52. The number of nitrogens with zero attached hydrogens (tertiary/aromatic N) is 2. The van der Waals surface area contributed by atoms with Crippen molar-refractivity contribution in [2.75, 3.05) is 6.61 Å². The number of ether oxygens (including phenoxy) is 1. The first-order valence-corrected chi connectivity index (χ1v) is 8.23. The lowest BCUT2D eigenvalue weighted by Gasteiger charge is -2.20. The van der Waals surface area contributed by atoms with Gasteiger partial charge in [0.2, 0.25) is 5.88 Å². The number of aliphatic carboxylic acids is 1. The largest absolute Gasteiger partial charge is 0.479 e. The number of fused-ring (bicyclic) bond motifs is 4. The molecule has 0 atom stereocenters. The third kappa shape index (κ3) is 2.71. The standard InChI is InChI=1S/C19H15N3O5/c20-18(26)17(25)15-13-7-10-3-1-2-4-11(10)8-22(13)12-5-6-21-19(16(12)15)27-9-14(23)24/h1-6H,7-9H2,(H2,20,26)(H,23,24). The average Bonchev–Trinajstić information content (AvgIpc) is 2.97. The van der Waals surface area contributed by atoms with Gasteiger partial charge in [0, 0.05) is 24.9 Å². The molecule has 0 aliphatic carbocycles. The SMILES string of the molecule is NC(=O)C(=O)c1c2n(c3ccnc(OCC(=O)O)c13)Cc1ccccc1C2. The molecule has 8 heteroatoms. The molecule has 0 saturated heterocycles. The monoisotopic (exact) mass is 365 g/mol. The van der Waals surface area contributed by atoms with E-state index in [4.69, 9.17) is 15.6 Å². The summed E-state index contributed by atoms with van der Waals surface area (Å²) in [6.07, 6.45) is 1.92. The molecule has 0 bridgehead atoms. The third-order valence-electron chi connectivity index (χ3n) is 4.64. The molecule has 0 unspecified atom stereocenters. The van der Waals surface area contributed by atoms with Crippen LogP contribution in [0, 0.1) is 0 Å². The molecule has 136 valence electrons. The number of nitrogens with two attached hydrogens (primary N) is 1. The molecule has 0 spiro atoms. The van der Waals surface area contributed by atoms with Crippen LogP contribution in [0.1, 0.15) is 27.2 Å². The molecule has 1 amide bonds. The number of carboxylic acid groups (broad SMARTS) is 1. The van der Waals surface area contributed by atoms with Gasteiger partial charge in [-0.2, -0.15) is 0 Å². The fourth-order valence-corrected chi connectivity index (χ4v) is 3.52. The van der Waals surface area contributed by atoms with Gasteiger partial charge in [-0.05, 0) is 17.2 Å². The molecule has 2 aromatic heterocycles. The number of pyridine rings is 1. The molecule has 1 aliphatic rings. The normalized spacial score (nSPS) is 12.3. The summed E-state index contributed by atoms with van der Waals surface area (Å²) >= 11 is 0. The second kappa shape index (κ2) is 6.24. The highest BCUT2D eigenvalue weighted by molar-refractivity contribution is 6.45. The first-order chi connectivity index (χ1) is 13.0. The van der Waals surface area contributed by atoms with Gasteiger partial charge >= 0.3 is 5.97 Å². The van der Waals surface area contributed by atoms with E-state index in [-0.39, 0.29) is 11.4 Å². The molecule has 3 N–H and O–H groups in total. The molecular formula is C19H15N3O5. The van der Waals surface area contributed by atoms with E-state index in [9.17, 15) is 14.4 Å². The Labute approximate surface area is 153 Å². The van der Waals surface area contributed by atoms with Crippen LogP contribution in [0.15, 0.2) is 36.5 Å². The fraction of sp³-hybridized carbons (Fsp3) is 0.158. The van der Waals surface area contributed by atoms with Crippen LogP contribution in [-0.4, -0.2) is 38.9 Å². The maximum absolute atomic E-state index is 12.6. The molecule has 4 rings (SSSR count). The van der Waals surface area contributed by atoms with Gasteiger partial charge in [0.25, 0.3) is 11.7 Å². The van der Waals surface area contributed by atoms with Gasteiger partial charge in [-0.15, -0.1) is 0 Å². The quantitative estimate of drug-likeness (QED) is 0.403. The van der Waals surface area contributed by atoms with Crippen molar-refractivity contribution in [2.45, 2.75) is 13.0 Å². The number of carboxylic acids is 1. The Morgan fingerprint density at radius 1 is 1.19 bits per heavy atom. The summed E-state index contributed by atoms with van der Waals surface area (Å²) in [6.45, 7) is -0.104. The Morgan fingerprint density at radius 3 is 2.63 bits per heavy atom. The van der Waals surface area contributed by atoms with Crippen LogP contribution in [0.25, 0.3) is 10.9 Å². The molecule has 0 saturated carbocycles. The molecule has 1 aromatic carbocycles. The van der Waals surface area contributed by atoms with Crippen molar-refractivity contribution >= 4 is 28.6 Å². The van der Waals surface area contributed by atoms with E-state index in [1.165, 1.54) is 6.20 Å². The summed E-state index contributed by atoms with van der Waals surface area (Å²) in [5.74, 6) is -3.11. The summed E-state index contributed by atoms with van der Waals surface area (Å²) in [4.78, 5) is 39.2. The number of hydrogen-bond donors (Lipinski definition) is 2. The number of Topliss-reactive ketones (excluding diaryl/α,β-unsaturated/α-hetero) is 1. The van der Waals surface area contributed by atoms with Crippen molar-refractivity contribution in [1.29, 1.82) is 0 Å². The van der Waals surface area contributed by atoms with Crippen molar-refractivity contribution in [2.24, 2.45) is 5.73 Å². The second-order valence-corrected chi connectivity index (χ2v) is 6.24. The average molecular weight is 365 g/mol. The van der Waals surface area contributed by atoms with Crippen LogP contribution in [0.2, 0.25) is 0 Å². The minimum atomic E-state index is -1.17. The zero-order valence-corrected chi connectivity index (χ0v) is 14.1. The summed E-state index contributed by atoms with van der Waals surface area (Å²) in [5.41, 5.74) is 8.82. The van der Waals surface area contributed by atoms with Crippen molar-refractivity contribution in [3.63, 3.8) is 0 Å². The maximum Gasteiger partial charge on any atom is 0.341 e. The Morgan fingerprint density at radius 2 is 1.93 bits per heavy atom. The predicted molar refractivity (Wildman–Crippen MR) is 94.7 cm³/mol. The number of rotatable bonds is 5. The van der Waals surface area contributed by atoms with Gasteiger partial charge in [-0.25, -0.2) is 9.78 Å². The summed E-state index contributed by atoms with van der Waals surface area (Å²) in [7, 11) is 0. The molecule has 27 heavy (non-hydrogen) atoms. The highest BCUT2D eigenvalue weighted by Gasteiger charge is 2.31. The molecule has 8 nitrogen and oxygen atoms in total. The number of carbonyl (C=O) groups excluding carboxylic acids is 2. The van der Waals surface area contributed by atoms with E-state index in [0.29, 0.717) is 29.6 Å². The lowest BCUT2D eigenvalue weighted by Crippen LogP contribution is -2.25. The van der Waals surface area contributed by atoms with E-state index in [0.717, 1.165) is 11.1 Å². The van der Waals surface area contributed by atoms with Gasteiger partial charge in [0.1, 0.15) is 0 Å². The molecule has 3 aromatic rings. The molecular weight excluding hydrogens is 350 g/mol. The van der Waals surface area contributed by atoms with E-state index in [1.807, 2.05) is 28.8 Å². The zero-order valence-electron chi connectivity index (χ0n) is 14.1. The van der Waals surface area contributed by atoms with E-state index in [2.05, 4.69) is 4.98 Å². The topological polar surface area (TPSA) is 125 Å². The lowest BCUT2D eigenvalue weighted by molar-refractivity contribution is -0.139. The maximum atomic E-state index is 12.6. The molecule has 3 heterocycles. The first-order valence-electron chi connectivity index (χ1n) is 8.23. The summed E-state index contributed by atoms with van der Waals surface area (Å²) in [6, 6.07) is 9.53. The predicted octanol–water partition coefficient (Wildman–Crippen LogP) is 1.12. The van der Waals surface area contributed by atoms with Crippen molar-refractivity contribution in [3.8, 4) is 5.88 Å². The lowest BCUT2D eigenvalue weighted by atomic mass is 9.96. The van der Waals surface area contributed by atoms with Crippen LogP contribution in [-0.2, 0) is 22.6 Å². The number of carbonyl (C=O) groups is 3. The van der Waals surface area contributed by atoms with Gasteiger partial charge in [0.15, 0.2) is 6.61 Å². The van der Waals surface area contributed by atoms with Crippen molar-refractivity contribution in [3.05, 3.63) is 58.9 Å². The number of amides is 1. The minimum Gasteiger partial charge on any atom is -0.479 e. The Bertz CT molecular complexity index is 1120. The first kappa shape index (κ1) is 16.8. The third-order valence-corrected chi connectivity index (χ3v) is 4.64. The Balaban J connectivity index is 1.98. The number of primary amides is 1. The Kier molecular flexibility index (Phi) is 3.88. The minimum absolute atomic E-state index is 0.00884. The number of hydrogen-bond acceptors (Lipinski definition) is 5. The van der Waals surface area contributed by atoms with Gasteiger partial charge < -0.3 is 20.1 Å². The van der Waals surface area contributed by atoms with Gasteiger partial charge in [-0.1, -0.05) is 24.3 Å². The second-order valence-electron chi connectivity index (χ2n) is 6.24. The van der Waals surface area contributed by atoms with Crippen LogP contribution in [0.3, 0.4) is 0 Å². The number of aromatic nitrogens is 2. The molecule has 0 fully saturated rings. The highest BCUT2D eigenvalue weighted by atomic mass is 16.5. The van der Waals surface area contributed by atoms with Crippen LogP contribution >= 0.6 is 0 Å². The Hall–Kier alpha value is -3.68. The number of ketones is 1. The zero-order chi connectivity index (χ0) is 19.1. The van der Waals surface area contributed by atoms with E-state index in [1.54, 1.807) is 6.07 Å². The molecule has 0 radical (unpaired) electrons. The van der Waals surface area contributed by atoms with Crippen LogP contribution in [0.5, 0.6) is 5.88 Å². The van der Waals surface area contributed by atoms with Gasteiger partial charge in [0.05, 0.1) is 16.5 Å². The number of benzene rings is 1. The smallest absolute Gasteiger partial charge is 0.341 e. The van der Waals surface area contributed by atoms with Gasteiger partial charge in [-0.3, -0.25) is 9.59 Å². The summed E-state index contributed by atoms with van der Waals surface area (Å²) in [5, 5.41) is 9.21. The highest BCUT2D eigenvalue weighted by Crippen LogP contribution is 2.37. The van der Waals surface area contributed by atoms with Crippen LogP contribution in [0.4, 0.5) is 0 Å². The summed E-state index contributed by atoms with van der Waals surface area (Å²) < 4.78 is 7.20. The van der Waals surface area contributed by atoms with E-state index >= 15 is 0 Å². The van der Waals surface area contributed by atoms with Crippen LogP contribution < -0.4 is 10.5 Å². The van der Waals surface area contributed by atoms with Crippen molar-refractivity contribution < 1.29 is 24.2 Å².